The predicted octanol–water partition coefficient (Wildman–Crippen LogP) is 3.02. The number of rotatable bonds is 4. The Morgan fingerprint density at radius 1 is 1.40 bits per heavy atom. The predicted molar refractivity (Wildman–Crippen MR) is 57.2 cm³/mol. The molecular weight excluding hydrogens is 239 g/mol. The molecule has 0 saturated carbocycles. The second-order valence-electron chi connectivity index (χ2n) is 2.72. The Morgan fingerprint density at radius 3 is 2.47 bits per heavy atom. The number of carbonyl (C=O) groups excluding carboxylic acids is 1. The van der Waals surface area contributed by atoms with Gasteiger partial charge in [-0.3, -0.25) is 4.79 Å². The van der Waals surface area contributed by atoms with Crippen LogP contribution in [0.15, 0.2) is 30.3 Å². The highest BCUT2D eigenvalue weighted by Crippen LogP contribution is 2.49. The summed E-state index contributed by atoms with van der Waals surface area (Å²) in [6.45, 7) is 1.15. The van der Waals surface area contributed by atoms with Gasteiger partial charge in [0.05, 0.1) is 0 Å². The number of benzene rings is 1. The van der Waals surface area contributed by atoms with Crippen molar-refractivity contribution in [3.05, 3.63) is 30.3 Å². The van der Waals surface area contributed by atoms with E-state index in [1.165, 1.54) is 0 Å². The largest absolute Gasteiger partial charge is 0.447 e. The third-order valence-corrected chi connectivity index (χ3v) is 3.60. The molecule has 15 heavy (non-hydrogen) atoms. The van der Waals surface area contributed by atoms with E-state index in [2.05, 4.69) is 4.52 Å². The van der Waals surface area contributed by atoms with Gasteiger partial charge in [0.25, 0.3) is 0 Å². The van der Waals surface area contributed by atoms with Crippen molar-refractivity contribution in [1.82, 2.24) is 0 Å². The lowest BCUT2D eigenvalue weighted by molar-refractivity contribution is -0.132. The van der Waals surface area contributed by atoms with Gasteiger partial charge in [-0.1, -0.05) is 18.2 Å². The second-order valence-corrected chi connectivity index (χ2v) is 5.26. The molecule has 1 atom stereocenters. The lowest BCUT2D eigenvalue weighted by atomic mass is 10.3. The molecule has 6 heteroatoms. The van der Waals surface area contributed by atoms with Crippen molar-refractivity contribution in [2.75, 3.05) is 5.62 Å². The van der Waals surface area contributed by atoms with E-state index in [9.17, 15) is 9.36 Å². The minimum atomic E-state index is -3.56. The molecule has 0 aromatic heterocycles. The van der Waals surface area contributed by atoms with E-state index in [-0.39, 0.29) is 5.62 Å². The topological polar surface area (TPSA) is 52.6 Å². The van der Waals surface area contributed by atoms with Crippen LogP contribution in [0.4, 0.5) is 0 Å². The molecule has 0 saturated heterocycles. The Bertz CT molecular complexity index is 379. The van der Waals surface area contributed by atoms with Gasteiger partial charge in [-0.2, -0.15) is 0 Å². The van der Waals surface area contributed by atoms with E-state index in [0.29, 0.717) is 5.75 Å². The molecule has 82 valence electrons. The van der Waals surface area contributed by atoms with Gasteiger partial charge in [0.1, 0.15) is 11.4 Å². The zero-order valence-electron chi connectivity index (χ0n) is 8.05. The Morgan fingerprint density at radius 2 is 2.00 bits per heavy atom. The molecule has 0 aliphatic carbocycles. The van der Waals surface area contributed by atoms with E-state index in [0.717, 1.165) is 6.92 Å². The summed E-state index contributed by atoms with van der Waals surface area (Å²) in [6.07, 6.45) is 0. The maximum absolute atomic E-state index is 11.8. The lowest BCUT2D eigenvalue weighted by Crippen LogP contribution is -2.03. The van der Waals surface area contributed by atoms with Gasteiger partial charge in [-0.05, 0) is 12.1 Å². The molecule has 0 bridgehead atoms. The third-order valence-electron chi connectivity index (χ3n) is 1.40. The molecule has 0 aliphatic heterocycles. The first kappa shape index (κ1) is 12.1. The van der Waals surface area contributed by atoms with Gasteiger partial charge in [0, 0.05) is 6.92 Å². The quantitative estimate of drug-likeness (QED) is 0.607. The highest BCUT2D eigenvalue weighted by atomic mass is 35.5. The number of halogens is 1. The molecule has 1 aromatic carbocycles. The van der Waals surface area contributed by atoms with E-state index in [1.54, 1.807) is 30.3 Å². The average Bonchev–Trinajstić information content (AvgIpc) is 2.18. The minimum Gasteiger partial charge on any atom is -0.415 e. The normalized spacial score (nSPS) is 14.0. The van der Waals surface area contributed by atoms with Crippen LogP contribution in [0.3, 0.4) is 0 Å². The van der Waals surface area contributed by atoms with Gasteiger partial charge in [0.15, 0.2) is 0 Å². The Kier molecular flexibility index (Phi) is 4.18. The second kappa shape index (κ2) is 5.19. The summed E-state index contributed by atoms with van der Waals surface area (Å²) in [4.78, 5) is 10.7. The molecule has 1 rings (SSSR count). The number of alkyl halides is 1. The van der Waals surface area contributed by atoms with Gasteiger partial charge < -0.3 is 9.05 Å². The maximum Gasteiger partial charge on any atom is 0.447 e. The van der Waals surface area contributed by atoms with Crippen LogP contribution < -0.4 is 4.52 Å². The highest BCUT2D eigenvalue weighted by molar-refractivity contribution is 7.56. The molecule has 0 spiro atoms. The Balaban J connectivity index is 2.77. The lowest BCUT2D eigenvalue weighted by Gasteiger charge is -2.15. The summed E-state index contributed by atoms with van der Waals surface area (Å²) in [5.41, 5.74) is -0.374. The van der Waals surface area contributed by atoms with Crippen molar-refractivity contribution in [2.45, 2.75) is 6.92 Å². The third kappa shape index (κ3) is 3.94. The molecule has 1 unspecified atom stereocenters. The minimum absolute atomic E-state index is 0.350. The van der Waals surface area contributed by atoms with Crippen LogP contribution in [0.1, 0.15) is 6.92 Å². The first-order chi connectivity index (χ1) is 7.06. The molecule has 1 aromatic rings. The summed E-state index contributed by atoms with van der Waals surface area (Å²) >= 11 is 5.44. The molecule has 0 radical (unpaired) electrons. The van der Waals surface area contributed by atoms with E-state index in [4.69, 9.17) is 16.1 Å². The Hall–Kier alpha value is -0.990. The van der Waals surface area contributed by atoms with Crippen molar-refractivity contribution in [2.24, 2.45) is 0 Å². The average molecular weight is 249 g/mol. The fourth-order valence-corrected chi connectivity index (χ4v) is 2.17. The summed E-state index contributed by atoms with van der Waals surface area (Å²) in [6, 6.07) is 8.40. The smallest absolute Gasteiger partial charge is 0.415 e. The van der Waals surface area contributed by atoms with Crippen molar-refractivity contribution in [3.8, 4) is 5.75 Å². The highest BCUT2D eigenvalue weighted by Gasteiger charge is 2.27. The fraction of sp³-hybridized carbons (Fsp3) is 0.222. The van der Waals surface area contributed by atoms with Crippen LogP contribution in [0.25, 0.3) is 0 Å². The van der Waals surface area contributed by atoms with Gasteiger partial charge >= 0.3 is 13.6 Å². The number of para-hydroxylation sites is 1. The molecule has 0 fully saturated rings. The summed E-state index contributed by atoms with van der Waals surface area (Å²) < 4.78 is 21.4. The number of hydrogen-bond acceptors (Lipinski definition) is 4. The van der Waals surface area contributed by atoms with Crippen LogP contribution in [-0.4, -0.2) is 11.6 Å². The fourth-order valence-electron chi connectivity index (χ4n) is 0.905. The van der Waals surface area contributed by atoms with Gasteiger partial charge in [-0.15, -0.1) is 11.6 Å². The monoisotopic (exact) mass is 248 g/mol. The SMILES string of the molecule is CC(=O)OP(=O)(CCl)Oc1ccccc1. The first-order valence-electron chi connectivity index (χ1n) is 4.15. The van der Waals surface area contributed by atoms with Crippen LogP contribution in [-0.2, 0) is 13.9 Å². The maximum atomic E-state index is 11.8. The molecule has 4 nitrogen and oxygen atoms in total. The van der Waals surface area contributed by atoms with Crippen molar-refractivity contribution in [1.29, 1.82) is 0 Å². The van der Waals surface area contributed by atoms with Gasteiger partial charge in [-0.25, -0.2) is 4.57 Å². The van der Waals surface area contributed by atoms with Crippen molar-refractivity contribution < 1.29 is 18.4 Å². The summed E-state index contributed by atoms with van der Waals surface area (Å²) in [5.74, 6) is -0.336. The van der Waals surface area contributed by atoms with Crippen LogP contribution >= 0.6 is 19.2 Å². The first-order valence-corrected chi connectivity index (χ1v) is 6.42. The van der Waals surface area contributed by atoms with Crippen LogP contribution in [0.5, 0.6) is 5.75 Å². The summed E-state index contributed by atoms with van der Waals surface area (Å²) in [7, 11) is -3.56. The van der Waals surface area contributed by atoms with E-state index in [1.807, 2.05) is 0 Å². The number of hydrogen-bond donors (Lipinski definition) is 0. The number of carbonyl (C=O) groups is 1. The molecule has 0 amide bonds. The molecule has 0 heterocycles. The van der Waals surface area contributed by atoms with E-state index < -0.39 is 13.6 Å². The van der Waals surface area contributed by atoms with Crippen molar-refractivity contribution in [3.63, 3.8) is 0 Å². The molecule has 0 N–H and O–H groups in total. The van der Waals surface area contributed by atoms with E-state index >= 15 is 0 Å². The van der Waals surface area contributed by atoms with Crippen LogP contribution in [0.2, 0.25) is 0 Å². The Labute approximate surface area is 92.7 Å². The standard InChI is InChI=1S/C9H10ClO4P/c1-8(11)13-15(12,7-10)14-9-5-3-2-4-6-9/h2-6H,7H2,1H3. The zero-order chi connectivity index (χ0) is 11.3. The zero-order valence-corrected chi connectivity index (χ0v) is 9.70. The van der Waals surface area contributed by atoms with Crippen LogP contribution in [0, 0.1) is 0 Å². The summed E-state index contributed by atoms with van der Waals surface area (Å²) in [5, 5.41) is 0. The molecular formula is C9H10ClO4P. The van der Waals surface area contributed by atoms with Crippen molar-refractivity contribution >= 4 is 25.2 Å². The molecule has 0 aliphatic rings. The van der Waals surface area contributed by atoms with Gasteiger partial charge in [0.2, 0.25) is 0 Å².